The Morgan fingerprint density at radius 3 is 2.81 bits per heavy atom. The summed E-state index contributed by atoms with van der Waals surface area (Å²) in [6.07, 6.45) is 4.35. The van der Waals surface area contributed by atoms with Gasteiger partial charge in [0.05, 0.1) is 0 Å². The molecule has 1 aliphatic carbocycles. The number of nitrogens with one attached hydrogen (secondary N) is 3. The average Bonchev–Trinajstić information content (AvgIpc) is 3.20. The van der Waals surface area contributed by atoms with Gasteiger partial charge in [0.15, 0.2) is 0 Å². The van der Waals surface area contributed by atoms with Crippen LogP contribution in [0, 0.1) is 0 Å². The number of imide groups is 1. The van der Waals surface area contributed by atoms with Crippen molar-refractivity contribution in [2.24, 2.45) is 0 Å². The summed E-state index contributed by atoms with van der Waals surface area (Å²) in [6, 6.07) is 5.92. The van der Waals surface area contributed by atoms with Crippen LogP contribution in [-0.2, 0) is 22.7 Å². The zero-order chi connectivity index (χ0) is 18.6. The van der Waals surface area contributed by atoms with Gasteiger partial charge in [0.25, 0.3) is 5.91 Å². The normalized spacial score (nSPS) is 28.6. The summed E-state index contributed by atoms with van der Waals surface area (Å²) in [4.78, 5) is 37.8. The minimum Gasteiger partial charge on any atom is -0.322 e. The number of hydrogen-bond acceptors (Lipinski definition) is 5. The Morgan fingerprint density at radius 1 is 1.19 bits per heavy atom. The molecule has 0 aromatic heterocycles. The molecule has 3 fully saturated rings. The highest BCUT2D eigenvalue weighted by Crippen LogP contribution is 2.43. The first-order valence-electron chi connectivity index (χ1n) is 9.81. The number of amides is 3. The van der Waals surface area contributed by atoms with Crippen molar-refractivity contribution in [3.05, 3.63) is 34.9 Å². The maximum Gasteiger partial charge on any atom is 0.255 e. The summed E-state index contributed by atoms with van der Waals surface area (Å²) < 4.78 is 0. The van der Waals surface area contributed by atoms with Crippen molar-refractivity contribution in [3.8, 4) is 0 Å². The van der Waals surface area contributed by atoms with E-state index in [4.69, 9.17) is 0 Å². The summed E-state index contributed by atoms with van der Waals surface area (Å²) in [5.41, 5.74) is 3.13. The van der Waals surface area contributed by atoms with Gasteiger partial charge in [-0.2, -0.15) is 0 Å². The van der Waals surface area contributed by atoms with Crippen LogP contribution >= 0.6 is 0 Å². The second kappa shape index (κ2) is 6.14. The summed E-state index contributed by atoms with van der Waals surface area (Å²) >= 11 is 0. The molecule has 1 saturated carbocycles. The average molecular weight is 368 g/mol. The first kappa shape index (κ1) is 16.9. The molecule has 3 heterocycles. The van der Waals surface area contributed by atoms with E-state index >= 15 is 0 Å². The molecule has 3 amide bonds. The van der Waals surface area contributed by atoms with Crippen molar-refractivity contribution in [2.75, 3.05) is 6.54 Å². The lowest BCUT2D eigenvalue weighted by molar-refractivity contribution is -0.136. The van der Waals surface area contributed by atoms with Crippen LogP contribution in [0.25, 0.3) is 0 Å². The Balaban J connectivity index is 1.27. The first-order chi connectivity index (χ1) is 13.1. The quantitative estimate of drug-likeness (QED) is 0.671. The first-order valence-corrected chi connectivity index (χ1v) is 9.81. The lowest BCUT2D eigenvalue weighted by Gasteiger charge is -2.29. The van der Waals surface area contributed by atoms with Gasteiger partial charge < -0.3 is 15.5 Å². The lowest BCUT2D eigenvalue weighted by Crippen LogP contribution is -2.52. The predicted octanol–water partition coefficient (Wildman–Crippen LogP) is 0.432. The molecule has 0 bridgehead atoms. The molecule has 7 nitrogen and oxygen atoms in total. The number of carbonyl (C=O) groups excluding carboxylic acids is 3. The number of hydrogen-bond donors (Lipinski definition) is 3. The van der Waals surface area contributed by atoms with Gasteiger partial charge in [0.1, 0.15) is 6.04 Å². The third-order valence-electron chi connectivity index (χ3n) is 6.51. The van der Waals surface area contributed by atoms with Crippen LogP contribution in [0.2, 0.25) is 0 Å². The highest BCUT2D eigenvalue weighted by molar-refractivity contribution is 6.05. The number of carbonyl (C=O) groups is 3. The van der Waals surface area contributed by atoms with E-state index in [1.165, 1.54) is 12.8 Å². The van der Waals surface area contributed by atoms with Crippen molar-refractivity contribution in [1.29, 1.82) is 0 Å². The fourth-order valence-electron chi connectivity index (χ4n) is 4.80. The van der Waals surface area contributed by atoms with Gasteiger partial charge >= 0.3 is 0 Å². The van der Waals surface area contributed by atoms with Crippen molar-refractivity contribution >= 4 is 17.7 Å². The molecule has 1 aromatic rings. The number of fused-ring (bicyclic) bond motifs is 1. The van der Waals surface area contributed by atoms with E-state index in [1.54, 1.807) is 4.90 Å². The molecule has 3 aliphatic heterocycles. The van der Waals surface area contributed by atoms with Crippen molar-refractivity contribution < 1.29 is 14.4 Å². The number of piperidine rings is 1. The molecule has 4 aliphatic rings. The van der Waals surface area contributed by atoms with Gasteiger partial charge in [-0.05, 0) is 49.4 Å². The smallest absolute Gasteiger partial charge is 0.255 e. The minimum absolute atomic E-state index is 0.115. The van der Waals surface area contributed by atoms with E-state index in [-0.39, 0.29) is 24.1 Å². The minimum atomic E-state index is -0.552. The highest BCUT2D eigenvalue weighted by atomic mass is 16.2. The molecular weight excluding hydrogens is 344 g/mol. The Kier molecular flexibility index (Phi) is 3.84. The van der Waals surface area contributed by atoms with E-state index in [1.807, 2.05) is 12.1 Å². The van der Waals surface area contributed by atoms with Gasteiger partial charge in [0.2, 0.25) is 11.8 Å². The maximum absolute atomic E-state index is 12.7. The maximum atomic E-state index is 12.7. The molecule has 0 radical (unpaired) electrons. The Labute approximate surface area is 157 Å². The number of rotatable bonds is 4. The molecule has 142 valence electrons. The van der Waals surface area contributed by atoms with Gasteiger partial charge in [-0.1, -0.05) is 12.1 Å². The number of nitrogens with zero attached hydrogens (tertiary/aromatic N) is 1. The molecule has 2 unspecified atom stereocenters. The fourth-order valence-corrected chi connectivity index (χ4v) is 4.80. The van der Waals surface area contributed by atoms with E-state index in [0.29, 0.717) is 30.1 Å². The third-order valence-corrected chi connectivity index (χ3v) is 6.51. The Bertz CT molecular complexity index is 833. The molecule has 1 aromatic carbocycles. The third kappa shape index (κ3) is 2.85. The summed E-state index contributed by atoms with van der Waals surface area (Å²) in [5.74, 6) is -0.739. The highest BCUT2D eigenvalue weighted by Gasteiger charge is 2.51. The molecule has 2 atom stereocenters. The van der Waals surface area contributed by atoms with Crippen LogP contribution < -0.4 is 16.0 Å². The zero-order valence-electron chi connectivity index (χ0n) is 15.2. The van der Waals surface area contributed by atoms with Gasteiger partial charge in [-0.15, -0.1) is 0 Å². The topological polar surface area (TPSA) is 90.5 Å². The molecule has 3 N–H and O–H groups in total. The van der Waals surface area contributed by atoms with Crippen LogP contribution in [0.5, 0.6) is 0 Å². The zero-order valence-corrected chi connectivity index (χ0v) is 15.2. The van der Waals surface area contributed by atoms with Crippen molar-refractivity contribution in [2.45, 2.75) is 62.8 Å². The second-order valence-electron chi connectivity index (χ2n) is 8.20. The van der Waals surface area contributed by atoms with Crippen LogP contribution in [0.15, 0.2) is 18.2 Å². The lowest BCUT2D eigenvalue weighted by atomic mass is 10.0. The van der Waals surface area contributed by atoms with Crippen LogP contribution in [-0.4, -0.2) is 46.8 Å². The molecule has 5 rings (SSSR count). The van der Waals surface area contributed by atoms with Crippen molar-refractivity contribution in [3.63, 3.8) is 0 Å². The number of benzene rings is 1. The van der Waals surface area contributed by atoms with Gasteiger partial charge in [0, 0.05) is 36.7 Å². The molecule has 7 heteroatoms. The van der Waals surface area contributed by atoms with Crippen LogP contribution in [0.3, 0.4) is 0 Å². The molecular formula is C20H24N4O3. The SMILES string of the molecule is O=C1CCC(N2Cc3cc(CNC4CCNC45CC5)ccc3C2=O)C(=O)N1. The largest absolute Gasteiger partial charge is 0.322 e. The molecule has 1 spiro atoms. The van der Waals surface area contributed by atoms with E-state index in [9.17, 15) is 14.4 Å². The standard InChI is InChI=1S/C20H24N4O3/c25-17-4-3-15(18(26)23-17)24-11-13-9-12(1-2-14(13)19(24)27)10-21-16-5-8-22-20(16)6-7-20/h1-2,9,15-16,21-22H,3-8,10-11H2,(H,23,25,26). The van der Waals surface area contributed by atoms with E-state index < -0.39 is 6.04 Å². The van der Waals surface area contributed by atoms with E-state index in [2.05, 4.69) is 22.0 Å². The van der Waals surface area contributed by atoms with E-state index in [0.717, 1.165) is 30.6 Å². The molecule has 27 heavy (non-hydrogen) atoms. The summed E-state index contributed by atoms with van der Waals surface area (Å²) in [6.45, 7) is 2.30. The Hall–Kier alpha value is -2.25. The predicted molar refractivity (Wildman–Crippen MR) is 97.7 cm³/mol. The van der Waals surface area contributed by atoms with Crippen molar-refractivity contribution in [1.82, 2.24) is 20.9 Å². The van der Waals surface area contributed by atoms with Crippen LogP contribution in [0.4, 0.5) is 0 Å². The Morgan fingerprint density at radius 2 is 2.04 bits per heavy atom. The summed E-state index contributed by atoms with van der Waals surface area (Å²) in [7, 11) is 0. The van der Waals surface area contributed by atoms with Crippen LogP contribution in [0.1, 0.15) is 53.6 Å². The summed E-state index contributed by atoms with van der Waals surface area (Å²) in [5, 5.41) is 9.63. The molecule has 2 saturated heterocycles. The van der Waals surface area contributed by atoms with Gasteiger partial charge in [-0.25, -0.2) is 0 Å². The second-order valence-corrected chi connectivity index (χ2v) is 8.20. The monoisotopic (exact) mass is 368 g/mol. The fraction of sp³-hybridized carbons (Fsp3) is 0.550. The van der Waals surface area contributed by atoms with Gasteiger partial charge in [-0.3, -0.25) is 19.7 Å².